The zero-order valence-corrected chi connectivity index (χ0v) is 11.4. The SMILES string of the molecule is Cc1ccc(F)cc1CC(=O)c1ncccc1Br. The maximum Gasteiger partial charge on any atom is 0.186 e. The number of ketones is 1. The lowest BCUT2D eigenvalue weighted by molar-refractivity contribution is 0.0987. The summed E-state index contributed by atoms with van der Waals surface area (Å²) in [4.78, 5) is 16.1. The van der Waals surface area contributed by atoms with Crippen LogP contribution in [-0.4, -0.2) is 10.8 Å². The van der Waals surface area contributed by atoms with Crippen molar-refractivity contribution in [3.05, 3.63) is 63.6 Å². The summed E-state index contributed by atoms with van der Waals surface area (Å²) in [5, 5.41) is 0. The fraction of sp³-hybridized carbons (Fsp3) is 0.143. The van der Waals surface area contributed by atoms with Crippen LogP contribution in [0, 0.1) is 12.7 Å². The van der Waals surface area contributed by atoms with Gasteiger partial charge in [-0.3, -0.25) is 9.78 Å². The third kappa shape index (κ3) is 2.82. The molecule has 0 aliphatic carbocycles. The van der Waals surface area contributed by atoms with E-state index in [1.54, 1.807) is 24.4 Å². The van der Waals surface area contributed by atoms with E-state index in [-0.39, 0.29) is 18.0 Å². The molecule has 0 radical (unpaired) electrons. The summed E-state index contributed by atoms with van der Waals surface area (Å²) in [6.45, 7) is 1.86. The second-order valence-corrected chi connectivity index (χ2v) is 4.86. The van der Waals surface area contributed by atoms with Crippen LogP contribution in [0.15, 0.2) is 41.0 Å². The van der Waals surface area contributed by atoms with Crippen molar-refractivity contribution >= 4 is 21.7 Å². The summed E-state index contributed by atoms with van der Waals surface area (Å²) in [7, 11) is 0. The number of aromatic nitrogens is 1. The second kappa shape index (κ2) is 5.40. The van der Waals surface area contributed by atoms with Crippen molar-refractivity contribution < 1.29 is 9.18 Å². The summed E-state index contributed by atoms with van der Waals surface area (Å²) in [5.74, 6) is -0.459. The van der Waals surface area contributed by atoms with Gasteiger partial charge in [0.05, 0.1) is 0 Å². The Labute approximate surface area is 113 Å². The standard InChI is InChI=1S/C14H11BrFNO/c1-9-4-5-11(16)7-10(9)8-13(18)14-12(15)3-2-6-17-14/h2-7H,8H2,1H3. The average molecular weight is 308 g/mol. The number of pyridine rings is 1. The Balaban J connectivity index is 2.27. The van der Waals surface area contributed by atoms with Gasteiger partial charge in [-0.2, -0.15) is 0 Å². The molecular weight excluding hydrogens is 297 g/mol. The molecule has 0 saturated heterocycles. The van der Waals surface area contributed by atoms with Crippen LogP contribution in [0.25, 0.3) is 0 Å². The minimum atomic E-state index is -0.330. The van der Waals surface area contributed by atoms with E-state index in [9.17, 15) is 9.18 Å². The molecule has 92 valence electrons. The largest absolute Gasteiger partial charge is 0.292 e. The van der Waals surface area contributed by atoms with Crippen molar-refractivity contribution in [1.82, 2.24) is 4.98 Å². The fourth-order valence-corrected chi connectivity index (χ4v) is 2.15. The molecule has 0 bridgehead atoms. The van der Waals surface area contributed by atoms with E-state index < -0.39 is 0 Å². The highest BCUT2D eigenvalue weighted by Crippen LogP contribution is 2.18. The Bertz CT molecular complexity index is 598. The monoisotopic (exact) mass is 307 g/mol. The predicted molar refractivity (Wildman–Crippen MR) is 71.1 cm³/mol. The van der Waals surface area contributed by atoms with Crippen LogP contribution < -0.4 is 0 Å². The van der Waals surface area contributed by atoms with Gasteiger partial charge in [0.2, 0.25) is 0 Å². The molecule has 2 nitrogen and oxygen atoms in total. The van der Waals surface area contributed by atoms with Crippen LogP contribution in [-0.2, 0) is 6.42 Å². The average Bonchev–Trinajstić information content (AvgIpc) is 2.34. The quantitative estimate of drug-likeness (QED) is 0.809. The van der Waals surface area contributed by atoms with Crippen molar-refractivity contribution in [2.75, 3.05) is 0 Å². The first-order valence-corrected chi connectivity index (χ1v) is 6.26. The van der Waals surface area contributed by atoms with Gasteiger partial charge in [0.25, 0.3) is 0 Å². The minimum absolute atomic E-state index is 0.129. The maximum absolute atomic E-state index is 13.1. The van der Waals surface area contributed by atoms with Gasteiger partial charge in [0.15, 0.2) is 5.78 Å². The van der Waals surface area contributed by atoms with Gasteiger partial charge in [0.1, 0.15) is 11.5 Å². The molecule has 4 heteroatoms. The van der Waals surface area contributed by atoms with Crippen molar-refractivity contribution in [1.29, 1.82) is 0 Å². The van der Waals surface area contributed by atoms with Gasteiger partial charge >= 0.3 is 0 Å². The molecule has 1 heterocycles. The molecule has 0 N–H and O–H groups in total. The number of carbonyl (C=O) groups is 1. The molecule has 0 aliphatic heterocycles. The number of rotatable bonds is 3. The molecular formula is C14H11BrFNO. The van der Waals surface area contributed by atoms with E-state index in [2.05, 4.69) is 20.9 Å². The Hall–Kier alpha value is -1.55. The number of aryl methyl sites for hydroxylation is 1. The molecule has 0 spiro atoms. The molecule has 0 amide bonds. The molecule has 1 aromatic heterocycles. The van der Waals surface area contributed by atoms with E-state index >= 15 is 0 Å². The van der Waals surface area contributed by atoms with E-state index in [1.807, 2.05) is 6.92 Å². The van der Waals surface area contributed by atoms with Crippen molar-refractivity contribution in [3.63, 3.8) is 0 Å². The van der Waals surface area contributed by atoms with E-state index in [0.29, 0.717) is 15.7 Å². The first-order valence-electron chi connectivity index (χ1n) is 5.46. The van der Waals surface area contributed by atoms with Gasteiger partial charge in [0, 0.05) is 17.1 Å². The van der Waals surface area contributed by atoms with Gasteiger partial charge in [-0.15, -0.1) is 0 Å². The number of nitrogens with zero attached hydrogens (tertiary/aromatic N) is 1. The Morgan fingerprint density at radius 1 is 1.39 bits per heavy atom. The summed E-state index contributed by atoms with van der Waals surface area (Å²) in [6.07, 6.45) is 1.72. The molecule has 2 rings (SSSR count). The highest BCUT2D eigenvalue weighted by molar-refractivity contribution is 9.10. The number of benzene rings is 1. The Kier molecular flexibility index (Phi) is 3.87. The third-order valence-corrected chi connectivity index (χ3v) is 3.32. The van der Waals surface area contributed by atoms with Crippen LogP contribution in [0.5, 0.6) is 0 Å². The maximum atomic E-state index is 13.1. The van der Waals surface area contributed by atoms with Gasteiger partial charge in [-0.25, -0.2) is 4.39 Å². The van der Waals surface area contributed by atoms with Crippen LogP contribution in [0.3, 0.4) is 0 Å². The highest BCUT2D eigenvalue weighted by Gasteiger charge is 2.13. The molecule has 0 aliphatic rings. The smallest absolute Gasteiger partial charge is 0.186 e. The predicted octanol–water partition coefficient (Wildman–Crippen LogP) is 3.72. The minimum Gasteiger partial charge on any atom is -0.292 e. The normalized spacial score (nSPS) is 10.4. The first kappa shape index (κ1) is 12.9. The van der Waals surface area contributed by atoms with E-state index in [0.717, 1.165) is 5.56 Å². The molecule has 0 atom stereocenters. The highest BCUT2D eigenvalue weighted by atomic mass is 79.9. The number of hydrogen-bond acceptors (Lipinski definition) is 2. The Morgan fingerprint density at radius 3 is 2.89 bits per heavy atom. The van der Waals surface area contributed by atoms with Crippen LogP contribution in [0.1, 0.15) is 21.6 Å². The zero-order chi connectivity index (χ0) is 13.1. The second-order valence-electron chi connectivity index (χ2n) is 4.00. The lowest BCUT2D eigenvalue weighted by atomic mass is 10.0. The van der Waals surface area contributed by atoms with Crippen LogP contribution in [0.2, 0.25) is 0 Å². The lowest BCUT2D eigenvalue weighted by Gasteiger charge is -2.06. The molecule has 0 unspecified atom stereocenters. The molecule has 0 saturated carbocycles. The van der Waals surface area contributed by atoms with Gasteiger partial charge in [-0.1, -0.05) is 6.07 Å². The zero-order valence-electron chi connectivity index (χ0n) is 9.78. The number of halogens is 2. The van der Waals surface area contributed by atoms with Crippen molar-refractivity contribution in [2.24, 2.45) is 0 Å². The van der Waals surface area contributed by atoms with Crippen LogP contribution >= 0.6 is 15.9 Å². The van der Waals surface area contributed by atoms with E-state index in [4.69, 9.17) is 0 Å². The van der Waals surface area contributed by atoms with E-state index in [1.165, 1.54) is 12.1 Å². The molecule has 2 aromatic rings. The summed E-state index contributed by atoms with van der Waals surface area (Å²) in [6, 6.07) is 7.96. The Morgan fingerprint density at radius 2 is 2.17 bits per heavy atom. The number of hydrogen-bond donors (Lipinski definition) is 0. The number of Topliss-reactive ketones (excluding diaryl/α,β-unsaturated/α-hetero) is 1. The van der Waals surface area contributed by atoms with Crippen LogP contribution in [0.4, 0.5) is 4.39 Å². The molecule has 18 heavy (non-hydrogen) atoms. The number of carbonyl (C=O) groups excluding carboxylic acids is 1. The first-order chi connectivity index (χ1) is 8.58. The third-order valence-electron chi connectivity index (χ3n) is 2.68. The summed E-state index contributed by atoms with van der Waals surface area (Å²) < 4.78 is 13.8. The lowest BCUT2D eigenvalue weighted by Crippen LogP contribution is -2.08. The fourth-order valence-electron chi connectivity index (χ4n) is 1.68. The molecule has 1 aromatic carbocycles. The van der Waals surface area contributed by atoms with Gasteiger partial charge in [-0.05, 0) is 58.2 Å². The molecule has 0 fully saturated rings. The van der Waals surface area contributed by atoms with Crippen molar-refractivity contribution in [3.8, 4) is 0 Å². The summed E-state index contributed by atoms with van der Waals surface area (Å²) in [5.41, 5.74) is 1.97. The topological polar surface area (TPSA) is 30.0 Å². The summed E-state index contributed by atoms with van der Waals surface area (Å²) >= 11 is 3.29. The van der Waals surface area contributed by atoms with Gasteiger partial charge < -0.3 is 0 Å². The van der Waals surface area contributed by atoms with Crippen molar-refractivity contribution in [2.45, 2.75) is 13.3 Å².